The normalized spacial score (nSPS) is 10.2. The molecule has 0 saturated heterocycles. The van der Waals surface area contributed by atoms with Crippen LogP contribution in [-0.2, 0) is 13.0 Å². The zero-order valence-electron chi connectivity index (χ0n) is 10.1. The van der Waals surface area contributed by atoms with Gasteiger partial charge in [0.2, 0.25) is 0 Å². The lowest BCUT2D eigenvalue weighted by Crippen LogP contribution is -1.95. The molecule has 0 spiro atoms. The third kappa shape index (κ3) is 3.35. The summed E-state index contributed by atoms with van der Waals surface area (Å²) in [6.45, 7) is 6.61. The molecule has 0 fully saturated rings. The molecule has 1 heteroatoms. The van der Waals surface area contributed by atoms with Crippen molar-refractivity contribution < 1.29 is 4.74 Å². The fourth-order valence-electron chi connectivity index (χ4n) is 1.62. The molecule has 0 aliphatic rings. The Hall–Kier alpha value is -1.76. The number of hydrogen-bond acceptors (Lipinski definition) is 1. The van der Waals surface area contributed by atoms with Crippen LogP contribution in [0.25, 0.3) is 0 Å². The molecule has 0 heterocycles. The minimum Gasteiger partial charge on any atom is -0.489 e. The van der Waals surface area contributed by atoms with Crippen LogP contribution < -0.4 is 4.74 Å². The minimum absolute atomic E-state index is 0.612. The SMILES string of the molecule is [CH2]c1ccc(OCc2ccc(CC)cc2)cc1. The van der Waals surface area contributed by atoms with Crippen LogP contribution in [0.3, 0.4) is 0 Å². The Kier molecular flexibility index (Phi) is 3.81. The van der Waals surface area contributed by atoms with Gasteiger partial charge in [0.05, 0.1) is 0 Å². The molecule has 87 valence electrons. The van der Waals surface area contributed by atoms with E-state index in [9.17, 15) is 0 Å². The van der Waals surface area contributed by atoms with Gasteiger partial charge in [-0.3, -0.25) is 0 Å². The van der Waals surface area contributed by atoms with Crippen molar-refractivity contribution >= 4 is 0 Å². The van der Waals surface area contributed by atoms with E-state index >= 15 is 0 Å². The van der Waals surface area contributed by atoms with Crippen LogP contribution in [0.15, 0.2) is 48.5 Å². The molecule has 0 aliphatic carbocycles. The predicted molar refractivity (Wildman–Crippen MR) is 71.1 cm³/mol. The predicted octanol–water partition coefficient (Wildman–Crippen LogP) is 4.01. The highest BCUT2D eigenvalue weighted by Gasteiger charge is 1.96. The molecule has 0 bridgehead atoms. The lowest BCUT2D eigenvalue weighted by atomic mass is 10.1. The van der Waals surface area contributed by atoms with Gasteiger partial charge in [0.25, 0.3) is 0 Å². The molecular weight excluding hydrogens is 208 g/mol. The zero-order valence-corrected chi connectivity index (χ0v) is 10.1. The number of benzene rings is 2. The highest BCUT2D eigenvalue weighted by molar-refractivity contribution is 5.29. The average molecular weight is 225 g/mol. The van der Waals surface area contributed by atoms with Gasteiger partial charge < -0.3 is 4.74 Å². The van der Waals surface area contributed by atoms with Crippen molar-refractivity contribution in [2.45, 2.75) is 20.0 Å². The maximum absolute atomic E-state index is 5.69. The second kappa shape index (κ2) is 5.53. The highest BCUT2D eigenvalue weighted by atomic mass is 16.5. The van der Waals surface area contributed by atoms with Gasteiger partial charge in [-0.15, -0.1) is 0 Å². The van der Waals surface area contributed by atoms with Gasteiger partial charge in [-0.25, -0.2) is 0 Å². The summed E-state index contributed by atoms with van der Waals surface area (Å²) in [7, 11) is 0. The van der Waals surface area contributed by atoms with E-state index < -0.39 is 0 Å². The van der Waals surface area contributed by atoms with Crippen molar-refractivity contribution in [3.8, 4) is 5.75 Å². The molecule has 17 heavy (non-hydrogen) atoms. The van der Waals surface area contributed by atoms with Crippen molar-refractivity contribution in [3.63, 3.8) is 0 Å². The monoisotopic (exact) mass is 225 g/mol. The van der Waals surface area contributed by atoms with Crippen LogP contribution in [0.4, 0.5) is 0 Å². The molecule has 2 rings (SSSR count). The van der Waals surface area contributed by atoms with Crippen LogP contribution in [0, 0.1) is 6.92 Å². The first-order valence-electron chi connectivity index (χ1n) is 5.90. The topological polar surface area (TPSA) is 9.23 Å². The van der Waals surface area contributed by atoms with E-state index in [1.165, 1.54) is 11.1 Å². The second-order valence-corrected chi connectivity index (χ2v) is 4.10. The second-order valence-electron chi connectivity index (χ2n) is 4.10. The van der Waals surface area contributed by atoms with E-state index in [1.807, 2.05) is 24.3 Å². The zero-order chi connectivity index (χ0) is 12.1. The molecule has 0 amide bonds. The van der Waals surface area contributed by atoms with Crippen LogP contribution >= 0.6 is 0 Å². The van der Waals surface area contributed by atoms with E-state index in [4.69, 9.17) is 4.74 Å². The highest BCUT2D eigenvalue weighted by Crippen LogP contribution is 2.14. The van der Waals surface area contributed by atoms with Gasteiger partial charge in [-0.2, -0.15) is 0 Å². The summed E-state index contributed by atoms with van der Waals surface area (Å²) >= 11 is 0. The van der Waals surface area contributed by atoms with E-state index in [0.29, 0.717) is 6.61 Å². The van der Waals surface area contributed by atoms with Gasteiger partial charge in [0, 0.05) is 0 Å². The van der Waals surface area contributed by atoms with Crippen molar-refractivity contribution in [1.29, 1.82) is 0 Å². The fraction of sp³-hybridized carbons (Fsp3) is 0.188. The Bertz CT molecular complexity index is 454. The van der Waals surface area contributed by atoms with Crippen LogP contribution in [0.1, 0.15) is 23.6 Å². The fourth-order valence-corrected chi connectivity index (χ4v) is 1.62. The smallest absolute Gasteiger partial charge is 0.119 e. The molecule has 0 unspecified atom stereocenters. The van der Waals surface area contributed by atoms with Crippen molar-refractivity contribution in [1.82, 2.24) is 0 Å². The van der Waals surface area contributed by atoms with Crippen molar-refractivity contribution in [2.75, 3.05) is 0 Å². The molecule has 0 aromatic heterocycles. The lowest BCUT2D eigenvalue weighted by molar-refractivity contribution is 0.306. The Labute approximate surface area is 103 Å². The van der Waals surface area contributed by atoms with Gasteiger partial charge >= 0.3 is 0 Å². The quantitative estimate of drug-likeness (QED) is 0.764. The standard InChI is InChI=1S/C16H17O/c1-3-14-6-8-15(9-7-14)12-17-16-10-4-13(2)5-11-16/h4-11H,2-3,12H2,1H3. The van der Waals surface area contributed by atoms with Crippen LogP contribution in [0.5, 0.6) is 5.75 Å². The largest absolute Gasteiger partial charge is 0.489 e. The summed E-state index contributed by atoms with van der Waals surface area (Å²) in [6.07, 6.45) is 1.08. The molecule has 0 saturated carbocycles. The van der Waals surface area contributed by atoms with E-state index in [-0.39, 0.29) is 0 Å². The molecule has 2 aromatic rings. The third-order valence-electron chi connectivity index (χ3n) is 2.76. The molecular formula is C16H17O. The molecule has 0 aliphatic heterocycles. The maximum Gasteiger partial charge on any atom is 0.119 e. The number of aryl methyl sites for hydroxylation is 1. The van der Waals surface area contributed by atoms with Crippen molar-refractivity contribution in [2.24, 2.45) is 0 Å². The van der Waals surface area contributed by atoms with Crippen LogP contribution in [0.2, 0.25) is 0 Å². The Morgan fingerprint density at radius 1 is 0.882 bits per heavy atom. The summed E-state index contributed by atoms with van der Waals surface area (Å²) in [5.74, 6) is 0.886. The van der Waals surface area contributed by atoms with E-state index in [1.54, 1.807) is 0 Å². The first-order chi connectivity index (χ1) is 8.28. The first kappa shape index (κ1) is 11.7. The van der Waals surface area contributed by atoms with Crippen LogP contribution in [-0.4, -0.2) is 0 Å². The number of ether oxygens (including phenoxy) is 1. The lowest BCUT2D eigenvalue weighted by Gasteiger charge is -2.07. The minimum atomic E-state index is 0.612. The Balaban J connectivity index is 1.95. The summed E-state index contributed by atoms with van der Waals surface area (Å²) in [6, 6.07) is 16.3. The molecule has 1 radical (unpaired) electrons. The summed E-state index contributed by atoms with van der Waals surface area (Å²) in [4.78, 5) is 0. The maximum atomic E-state index is 5.69. The van der Waals surface area contributed by atoms with E-state index in [0.717, 1.165) is 17.7 Å². The Morgan fingerprint density at radius 3 is 2.06 bits per heavy atom. The Morgan fingerprint density at radius 2 is 1.47 bits per heavy atom. The van der Waals surface area contributed by atoms with Gasteiger partial charge in [0.1, 0.15) is 12.4 Å². The number of hydrogen-bond donors (Lipinski definition) is 0. The van der Waals surface area contributed by atoms with E-state index in [2.05, 4.69) is 38.1 Å². The van der Waals surface area contributed by atoms with Gasteiger partial charge in [-0.05, 0) is 42.2 Å². The molecule has 0 atom stereocenters. The molecule has 2 aromatic carbocycles. The molecule has 0 N–H and O–H groups in total. The van der Waals surface area contributed by atoms with Gasteiger partial charge in [0.15, 0.2) is 0 Å². The summed E-state index contributed by atoms with van der Waals surface area (Å²) < 4.78 is 5.69. The average Bonchev–Trinajstić information content (AvgIpc) is 2.39. The summed E-state index contributed by atoms with van der Waals surface area (Å²) in [5.41, 5.74) is 3.56. The van der Waals surface area contributed by atoms with Crippen molar-refractivity contribution in [3.05, 3.63) is 72.1 Å². The summed E-state index contributed by atoms with van der Waals surface area (Å²) in [5, 5.41) is 0. The third-order valence-corrected chi connectivity index (χ3v) is 2.76. The number of rotatable bonds is 4. The van der Waals surface area contributed by atoms with Gasteiger partial charge in [-0.1, -0.05) is 43.3 Å². The molecule has 1 nitrogen and oxygen atoms in total. The first-order valence-corrected chi connectivity index (χ1v) is 5.90.